The van der Waals surface area contributed by atoms with Crippen molar-refractivity contribution in [3.05, 3.63) is 28.2 Å². The van der Waals surface area contributed by atoms with Crippen LogP contribution in [0.25, 0.3) is 0 Å². The summed E-state index contributed by atoms with van der Waals surface area (Å²) in [6, 6.07) is 5.59. The predicted octanol–water partition coefficient (Wildman–Crippen LogP) is 3.69. The van der Waals surface area contributed by atoms with Gasteiger partial charge in [-0.3, -0.25) is 5.41 Å². The van der Waals surface area contributed by atoms with E-state index in [1.54, 1.807) is 0 Å². The SMILES string of the molecule is N=C(N)c1ccc(OCC2CCCCC2)cc1Br. The van der Waals surface area contributed by atoms with Crippen LogP contribution in [-0.2, 0) is 0 Å². The molecule has 2 rings (SSSR count). The second-order valence-corrected chi connectivity index (χ2v) is 5.72. The maximum absolute atomic E-state index is 7.42. The molecule has 1 fully saturated rings. The van der Waals surface area contributed by atoms with Crippen molar-refractivity contribution >= 4 is 21.8 Å². The Morgan fingerprint density at radius 1 is 1.33 bits per heavy atom. The van der Waals surface area contributed by atoms with Crippen LogP contribution in [0.3, 0.4) is 0 Å². The fourth-order valence-electron chi connectivity index (χ4n) is 2.37. The normalized spacial score (nSPS) is 16.5. The van der Waals surface area contributed by atoms with Gasteiger partial charge in [-0.1, -0.05) is 19.3 Å². The first-order chi connectivity index (χ1) is 8.66. The van der Waals surface area contributed by atoms with Gasteiger partial charge in [0, 0.05) is 10.0 Å². The predicted molar refractivity (Wildman–Crippen MR) is 77.2 cm³/mol. The number of rotatable bonds is 4. The third kappa shape index (κ3) is 3.48. The van der Waals surface area contributed by atoms with E-state index in [0.29, 0.717) is 11.5 Å². The third-order valence-corrected chi connectivity index (χ3v) is 4.10. The van der Waals surface area contributed by atoms with Gasteiger partial charge in [0.1, 0.15) is 11.6 Å². The highest BCUT2D eigenvalue weighted by Crippen LogP contribution is 2.26. The van der Waals surface area contributed by atoms with E-state index in [4.69, 9.17) is 15.9 Å². The molecular weight excluding hydrogens is 292 g/mol. The van der Waals surface area contributed by atoms with Crippen LogP contribution in [0.15, 0.2) is 22.7 Å². The molecule has 0 radical (unpaired) electrons. The average Bonchev–Trinajstić information content (AvgIpc) is 2.37. The molecule has 0 atom stereocenters. The van der Waals surface area contributed by atoms with Gasteiger partial charge in [-0.25, -0.2) is 0 Å². The summed E-state index contributed by atoms with van der Waals surface area (Å²) in [6.45, 7) is 0.797. The van der Waals surface area contributed by atoms with E-state index < -0.39 is 0 Å². The van der Waals surface area contributed by atoms with Crippen LogP contribution < -0.4 is 10.5 Å². The van der Waals surface area contributed by atoms with Crippen LogP contribution in [0, 0.1) is 11.3 Å². The summed E-state index contributed by atoms with van der Waals surface area (Å²) in [5, 5.41) is 7.42. The van der Waals surface area contributed by atoms with Crippen LogP contribution in [0.2, 0.25) is 0 Å². The van der Waals surface area contributed by atoms with Crippen molar-refractivity contribution in [1.82, 2.24) is 0 Å². The summed E-state index contributed by atoms with van der Waals surface area (Å²) in [4.78, 5) is 0. The number of nitrogens with one attached hydrogen (secondary N) is 1. The molecule has 0 aromatic heterocycles. The quantitative estimate of drug-likeness (QED) is 0.658. The Morgan fingerprint density at radius 3 is 2.67 bits per heavy atom. The third-order valence-electron chi connectivity index (χ3n) is 3.44. The Hall–Kier alpha value is -1.03. The number of hydrogen-bond acceptors (Lipinski definition) is 2. The van der Waals surface area contributed by atoms with Crippen molar-refractivity contribution in [2.45, 2.75) is 32.1 Å². The molecule has 0 heterocycles. The van der Waals surface area contributed by atoms with Gasteiger partial charge in [0.15, 0.2) is 0 Å². The van der Waals surface area contributed by atoms with Crippen molar-refractivity contribution in [1.29, 1.82) is 5.41 Å². The fourth-order valence-corrected chi connectivity index (χ4v) is 2.94. The second-order valence-electron chi connectivity index (χ2n) is 4.87. The highest BCUT2D eigenvalue weighted by molar-refractivity contribution is 9.10. The van der Waals surface area contributed by atoms with Gasteiger partial charge in [0.2, 0.25) is 0 Å². The van der Waals surface area contributed by atoms with Gasteiger partial charge in [0.25, 0.3) is 0 Å². The lowest BCUT2D eigenvalue weighted by molar-refractivity contribution is 0.209. The number of hydrogen-bond donors (Lipinski definition) is 2. The molecule has 0 saturated heterocycles. The standard InChI is InChI=1S/C14H19BrN2O/c15-13-8-11(6-7-12(13)14(16)17)18-9-10-4-2-1-3-5-10/h6-8,10H,1-5,9H2,(H3,16,17). The largest absolute Gasteiger partial charge is 0.493 e. The van der Waals surface area contributed by atoms with Gasteiger partial charge in [-0.05, 0) is 52.9 Å². The maximum Gasteiger partial charge on any atom is 0.123 e. The molecule has 1 saturated carbocycles. The molecule has 3 nitrogen and oxygen atoms in total. The first kappa shape index (κ1) is 13.4. The molecule has 1 aromatic rings. The molecule has 0 bridgehead atoms. The molecule has 0 amide bonds. The molecule has 4 heteroatoms. The van der Waals surface area contributed by atoms with Gasteiger partial charge in [0.05, 0.1) is 6.61 Å². The van der Waals surface area contributed by atoms with E-state index in [0.717, 1.165) is 16.8 Å². The fraction of sp³-hybridized carbons (Fsp3) is 0.500. The van der Waals surface area contributed by atoms with E-state index in [2.05, 4.69) is 15.9 Å². The van der Waals surface area contributed by atoms with Gasteiger partial charge in [-0.2, -0.15) is 0 Å². The zero-order valence-corrected chi connectivity index (χ0v) is 12.0. The molecule has 98 valence electrons. The van der Waals surface area contributed by atoms with Crippen LogP contribution in [0.1, 0.15) is 37.7 Å². The minimum Gasteiger partial charge on any atom is -0.493 e. The lowest BCUT2D eigenvalue weighted by atomic mass is 9.90. The van der Waals surface area contributed by atoms with Crippen molar-refractivity contribution in [2.24, 2.45) is 11.7 Å². The number of amidine groups is 1. The molecule has 0 spiro atoms. The van der Waals surface area contributed by atoms with E-state index in [9.17, 15) is 0 Å². The topological polar surface area (TPSA) is 59.1 Å². The molecule has 1 aromatic carbocycles. The maximum atomic E-state index is 7.42. The summed E-state index contributed by atoms with van der Waals surface area (Å²) in [6.07, 6.45) is 6.61. The zero-order valence-electron chi connectivity index (χ0n) is 10.4. The zero-order chi connectivity index (χ0) is 13.0. The van der Waals surface area contributed by atoms with Crippen molar-refractivity contribution in [2.75, 3.05) is 6.61 Å². The van der Waals surface area contributed by atoms with Gasteiger partial charge in [-0.15, -0.1) is 0 Å². The van der Waals surface area contributed by atoms with Crippen LogP contribution in [-0.4, -0.2) is 12.4 Å². The number of halogens is 1. The van der Waals surface area contributed by atoms with E-state index >= 15 is 0 Å². The molecule has 0 aliphatic heterocycles. The van der Waals surface area contributed by atoms with E-state index in [1.807, 2.05) is 18.2 Å². The number of ether oxygens (including phenoxy) is 1. The Balaban J connectivity index is 1.93. The molecule has 1 aliphatic rings. The number of nitrogens with two attached hydrogens (primary N) is 1. The minimum absolute atomic E-state index is 0.0701. The highest BCUT2D eigenvalue weighted by atomic mass is 79.9. The molecule has 3 N–H and O–H groups in total. The summed E-state index contributed by atoms with van der Waals surface area (Å²) < 4.78 is 6.64. The first-order valence-corrected chi connectivity index (χ1v) is 7.23. The summed E-state index contributed by atoms with van der Waals surface area (Å²) in [5.74, 6) is 1.61. The van der Waals surface area contributed by atoms with Crippen LogP contribution in [0.4, 0.5) is 0 Å². The number of benzene rings is 1. The molecule has 1 aliphatic carbocycles. The highest BCUT2D eigenvalue weighted by Gasteiger charge is 2.14. The van der Waals surface area contributed by atoms with Crippen LogP contribution >= 0.6 is 15.9 Å². The van der Waals surface area contributed by atoms with E-state index in [-0.39, 0.29) is 5.84 Å². The Labute approximate surface area is 116 Å². The van der Waals surface area contributed by atoms with Crippen molar-refractivity contribution in [3.63, 3.8) is 0 Å². The summed E-state index contributed by atoms with van der Waals surface area (Å²) in [7, 11) is 0. The first-order valence-electron chi connectivity index (χ1n) is 6.43. The molecular formula is C14H19BrN2O. The Kier molecular flexibility index (Phi) is 4.64. The summed E-state index contributed by atoms with van der Waals surface area (Å²) in [5.41, 5.74) is 6.18. The lowest BCUT2D eigenvalue weighted by Gasteiger charge is -2.21. The lowest BCUT2D eigenvalue weighted by Crippen LogP contribution is -2.15. The van der Waals surface area contributed by atoms with Crippen molar-refractivity contribution in [3.8, 4) is 5.75 Å². The molecule has 0 unspecified atom stereocenters. The van der Waals surface area contributed by atoms with E-state index in [1.165, 1.54) is 32.1 Å². The van der Waals surface area contributed by atoms with Crippen molar-refractivity contribution < 1.29 is 4.74 Å². The monoisotopic (exact) mass is 310 g/mol. The summed E-state index contributed by atoms with van der Waals surface area (Å²) >= 11 is 3.41. The smallest absolute Gasteiger partial charge is 0.123 e. The number of nitrogen functional groups attached to an aromatic ring is 1. The second kappa shape index (κ2) is 6.23. The van der Waals surface area contributed by atoms with Gasteiger partial charge < -0.3 is 10.5 Å². The Morgan fingerprint density at radius 2 is 2.06 bits per heavy atom. The molecule has 18 heavy (non-hydrogen) atoms. The van der Waals surface area contributed by atoms with Crippen LogP contribution in [0.5, 0.6) is 5.75 Å². The average molecular weight is 311 g/mol. The van der Waals surface area contributed by atoms with Gasteiger partial charge >= 0.3 is 0 Å². The Bertz CT molecular complexity index is 428. The minimum atomic E-state index is 0.0701.